The van der Waals surface area contributed by atoms with Crippen molar-refractivity contribution < 1.29 is 19.8 Å². The summed E-state index contributed by atoms with van der Waals surface area (Å²) in [5, 5.41) is 19.2. The lowest BCUT2D eigenvalue weighted by molar-refractivity contribution is -0.139. The van der Waals surface area contributed by atoms with Crippen molar-refractivity contribution in [2.75, 3.05) is 36.0 Å². The first-order valence-corrected chi connectivity index (χ1v) is 11.7. The van der Waals surface area contributed by atoms with Gasteiger partial charge in [0, 0.05) is 43.6 Å². The number of anilines is 2. The Hall–Kier alpha value is -2.28. The zero-order valence-corrected chi connectivity index (χ0v) is 18.7. The number of carbonyl (C=O) groups is 2. The van der Waals surface area contributed by atoms with E-state index >= 15 is 0 Å². The van der Waals surface area contributed by atoms with Crippen LogP contribution in [0.5, 0.6) is 0 Å². The molecule has 4 rings (SSSR count). The second-order valence-corrected chi connectivity index (χ2v) is 9.51. The van der Waals surface area contributed by atoms with Crippen LogP contribution in [-0.2, 0) is 4.79 Å². The van der Waals surface area contributed by atoms with Crippen molar-refractivity contribution in [1.29, 1.82) is 0 Å². The molecule has 170 valence electrons. The highest BCUT2D eigenvalue weighted by molar-refractivity contribution is 5.87. The van der Waals surface area contributed by atoms with Crippen molar-refractivity contribution in [2.45, 2.75) is 70.9 Å². The SMILES string of the molecule is CCN(C(=O)O)c1ccc(N2CCC[C@]3(CCN(C4CCC(O)CC4)C3=O)C2)c(C)c1. The normalized spacial score (nSPS) is 28.9. The molecule has 31 heavy (non-hydrogen) atoms. The molecule has 3 aliphatic rings. The molecule has 0 unspecified atom stereocenters. The number of carboxylic acid groups (broad SMARTS) is 1. The van der Waals surface area contributed by atoms with Gasteiger partial charge in [0.2, 0.25) is 5.91 Å². The van der Waals surface area contributed by atoms with Crippen LogP contribution in [-0.4, -0.2) is 65.4 Å². The molecule has 2 aliphatic heterocycles. The Morgan fingerprint density at radius 1 is 1.19 bits per heavy atom. The van der Waals surface area contributed by atoms with Gasteiger partial charge in [0.15, 0.2) is 0 Å². The first-order valence-electron chi connectivity index (χ1n) is 11.7. The van der Waals surface area contributed by atoms with Gasteiger partial charge in [-0.3, -0.25) is 9.69 Å². The van der Waals surface area contributed by atoms with Gasteiger partial charge in [0.05, 0.1) is 11.5 Å². The molecule has 1 aliphatic carbocycles. The number of benzene rings is 1. The third kappa shape index (κ3) is 4.12. The van der Waals surface area contributed by atoms with Gasteiger partial charge < -0.3 is 20.0 Å². The largest absolute Gasteiger partial charge is 0.465 e. The van der Waals surface area contributed by atoms with E-state index in [4.69, 9.17) is 0 Å². The zero-order valence-electron chi connectivity index (χ0n) is 18.7. The summed E-state index contributed by atoms with van der Waals surface area (Å²) in [6.45, 7) is 6.73. The Balaban J connectivity index is 1.50. The van der Waals surface area contributed by atoms with Crippen molar-refractivity contribution in [3.63, 3.8) is 0 Å². The molecular weight excluding hydrogens is 394 g/mol. The second-order valence-electron chi connectivity index (χ2n) is 9.51. The molecule has 1 spiro atoms. The quantitative estimate of drug-likeness (QED) is 0.764. The van der Waals surface area contributed by atoms with Crippen LogP contribution in [0.4, 0.5) is 16.2 Å². The van der Waals surface area contributed by atoms with E-state index in [0.29, 0.717) is 18.1 Å². The number of piperidine rings is 1. The molecule has 1 saturated carbocycles. The molecule has 2 saturated heterocycles. The minimum absolute atomic E-state index is 0.205. The number of hydrogen-bond donors (Lipinski definition) is 2. The monoisotopic (exact) mass is 429 g/mol. The van der Waals surface area contributed by atoms with Gasteiger partial charge in [-0.15, -0.1) is 0 Å². The Kier molecular flexibility index (Phi) is 6.15. The Bertz CT molecular complexity index is 836. The molecule has 0 aromatic heterocycles. The van der Waals surface area contributed by atoms with Gasteiger partial charge in [-0.05, 0) is 82.6 Å². The van der Waals surface area contributed by atoms with Crippen molar-refractivity contribution >= 4 is 23.4 Å². The lowest BCUT2D eigenvalue weighted by Crippen LogP contribution is -2.50. The highest BCUT2D eigenvalue weighted by Crippen LogP contribution is 2.44. The first kappa shape index (κ1) is 21.9. The van der Waals surface area contributed by atoms with E-state index in [1.165, 1.54) is 4.90 Å². The van der Waals surface area contributed by atoms with Crippen LogP contribution >= 0.6 is 0 Å². The van der Waals surface area contributed by atoms with Gasteiger partial charge in [-0.1, -0.05) is 0 Å². The molecule has 1 atom stereocenters. The first-order chi connectivity index (χ1) is 14.8. The van der Waals surface area contributed by atoms with Crippen LogP contribution in [0.25, 0.3) is 0 Å². The van der Waals surface area contributed by atoms with E-state index in [9.17, 15) is 19.8 Å². The summed E-state index contributed by atoms with van der Waals surface area (Å²) < 4.78 is 0. The predicted octanol–water partition coefficient (Wildman–Crippen LogP) is 3.62. The van der Waals surface area contributed by atoms with Crippen LogP contribution < -0.4 is 9.80 Å². The maximum Gasteiger partial charge on any atom is 0.411 e. The number of hydrogen-bond acceptors (Lipinski definition) is 4. The van der Waals surface area contributed by atoms with Crippen LogP contribution in [0.3, 0.4) is 0 Å². The summed E-state index contributed by atoms with van der Waals surface area (Å²) in [5.74, 6) is 0.302. The molecule has 2 heterocycles. The standard InChI is InChI=1S/C24H35N3O4/c1-3-26(23(30)31)19-7-10-21(17(2)15-19)25-13-4-11-24(16-25)12-14-27(22(24)29)18-5-8-20(28)9-6-18/h7,10,15,18,20,28H,3-6,8-9,11-14,16H2,1-2H3,(H,30,31)/t18?,20?,24-/m0/s1. The number of aliphatic hydroxyl groups is 1. The molecule has 7 heteroatoms. The molecule has 7 nitrogen and oxygen atoms in total. The van der Waals surface area contributed by atoms with E-state index in [0.717, 1.165) is 75.8 Å². The van der Waals surface area contributed by atoms with E-state index in [-0.39, 0.29) is 17.6 Å². The molecule has 1 aromatic carbocycles. The van der Waals surface area contributed by atoms with Crippen LogP contribution in [0.1, 0.15) is 57.4 Å². The molecule has 1 aromatic rings. The second kappa shape index (κ2) is 8.69. The summed E-state index contributed by atoms with van der Waals surface area (Å²) in [6.07, 6.45) is 5.08. The summed E-state index contributed by atoms with van der Waals surface area (Å²) in [7, 11) is 0. The van der Waals surface area contributed by atoms with Gasteiger partial charge >= 0.3 is 6.09 Å². The number of amides is 2. The fraction of sp³-hybridized carbons (Fsp3) is 0.667. The highest BCUT2D eigenvalue weighted by atomic mass is 16.4. The van der Waals surface area contributed by atoms with E-state index in [1.54, 1.807) is 0 Å². The summed E-state index contributed by atoms with van der Waals surface area (Å²) >= 11 is 0. The fourth-order valence-corrected chi connectivity index (χ4v) is 5.87. The average molecular weight is 430 g/mol. The van der Waals surface area contributed by atoms with Crippen LogP contribution in [0.2, 0.25) is 0 Å². The van der Waals surface area contributed by atoms with Gasteiger partial charge in [-0.2, -0.15) is 0 Å². The van der Waals surface area contributed by atoms with Crippen LogP contribution in [0.15, 0.2) is 18.2 Å². The molecule has 2 amide bonds. The Morgan fingerprint density at radius 3 is 2.58 bits per heavy atom. The smallest absolute Gasteiger partial charge is 0.411 e. The van der Waals surface area contributed by atoms with E-state index < -0.39 is 6.09 Å². The van der Waals surface area contributed by atoms with Crippen LogP contribution in [0, 0.1) is 12.3 Å². The molecule has 0 bridgehead atoms. The lowest BCUT2D eigenvalue weighted by atomic mass is 9.78. The maximum atomic E-state index is 13.5. The minimum Gasteiger partial charge on any atom is -0.465 e. The third-order valence-electron chi connectivity index (χ3n) is 7.61. The zero-order chi connectivity index (χ0) is 22.2. The minimum atomic E-state index is -0.946. The molecule has 2 N–H and O–H groups in total. The third-order valence-corrected chi connectivity index (χ3v) is 7.61. The van der Waals surface area contributed by atoms with Crippen molar-refractivity contribution in [2.24, 2.45) is 5.41 Å². The van der Waals surface area contributed by atoms with E-state index in [2.05, 4.69) is 9.80 Å². The van der Waals surface area contributed by atoms with Crippen molar-refractivity contribution in [1.82, 2.24) is 4.90 Å². The van der Waals surface area contributed by atoms with Crippen molar-refractivity contribution in [3.05, 3.63) is 23.8 Å². The number of rotatable bonds is 4. The number of nitrogens with zero attached hydrogens (tertiary/aromatic N) is 3. The Labute approximate surface area is 184 Å². The van der Waals surface area contributed by atoms with Gasteiger partial charge in [0.25, 0.3) is 0 Å². The topological polar surface area (TPSA) is 84.3 Å². The van der Waals surface area contributed by atoms with Gasteiger partial charge in [0.1, 0.15) is 0 Å². The predicted molar refractivity (Wildman–Crippen MR) is 121 cm³/mol. The fourth-order valence-electron chi connectivity index (χ4n) is 5.87. The molecule has 3 fully saturated rings. The molecular formula is C24H35N3O4. The number of aliphatic hydroxyl groups excluding tert-OH is 1. The van der Waals surface area contributed by atoms with Gasteiger partial charge in [-0.25, -0.2) is 4.79 Å². The molecule has 0 radical (unpaired) electrons. The highest BCUT2D eigenvalue weighted by Gasteiger charge is 2.50. The summed E-state index contributed by atoms with van der Waals surface area (Å²) in [5.41, 5.74) is 2.51. The Morgan fingerprint density at radius 2 is 1.94 bits per heavy atom. The average Bonchev–Trinajstić information content (AvgIpc) is 3.04. The number of carbonyl (C=O) groups excluding carboxylic acids is 1. The number of likely N-dealkylation sites (tertiary alicyclic amines) is 1. The van der Waals surface area contributed by atoms with Crippen molar-refractivity contribution in [3.8, 4) is 0 Å². The summed E-state index contributed by atoms with van der Waals surface area (Å²) in [6, 6.07) is 6.10. The van der Waals surface area contributed by atoms with E-state index in [1.807, 2.05) is 32.0 Å². The summed E-state index contributed by atoms with van der Waals surface area (Å²) in [4.78, 5) is 30.8. The lowest BCUT2D eigenvalue weighted by Gasteiger charge is -2.42. The number of aryl methyl sites for hydroxylation is 1. The maximum absolute atomic E-state index is 13.5.